The van der Waals surface area contributed by atoms with E-state index in [0.717, 1.165) is 42.7 Å². The second kappa shape index (κ2) is 8.58. The first-order valence-corrected chi connectivity index (χ1v) is 11.0. The normalized spacial score (nSPS) is 17.8. The topological polar surface area (TPSA) is 35.6 Å². The summed E-state index contributed by atoms with van der Waals surface area (Å²) in [5.41, 5.74) is 7.16. The first-order chi connectivity index (χ1) is 14.0. The van der Waals surface area contributed by atoms with E-state index < -0.39 is 0 Å². The molecule has 2 aromatic rings. The van der Waals surface area contributed by atoms with Crippen LogP contribution in [-0.4, -0.2) is 44.0 Å². The molecule has 1 N–H and O–H groups in total. The van der Waals surface area contributed by atoms with Crippen LogP contribution in [0.25, 0.3) is 0 Å². The molecule has 0 aromatic heterocycles. The summed E-state index contributed by atoms with van der Waals surface area (Å²) in [5, 5.41) is 3.23. The van der Waals surface area contributed by atoms with Crippen LogP contribution in [0.2, 0.25) is 0 Å². The molecule has 0 bridgehead atoms. The van der Waals surface area contributed by atoms with Gasteiger partial charge in [0.2, 0.25) is 0 Å². The lowest BCUT2D eigenvalue weighted by Gasteiger charge is -2.32. The molecule has 0 unspecified atom stereocenters. The Kier molecular flexibility index (Phi) is 5.91. The van der Waals surface area contributed by atoms with Gasteiger partial charge in [0.1, 0.15) is 0 Å². The van der Waals surface area contributed by atoms with E-state index in [-0.39, 0.29) is 11.9 Å². The van der Waals surface area contributed by atoms with Crippen LogP contribution in [0.4, 0.5) is 5.69 Å². The number of carbonyl (C=O) groups is 1. The third-order valence-electron chi connectivity index (χ3n) is 6.36. The van der Waals surface area contributed by atoms with E-state index in [9.17, 15) is 4.79 Å². The summed E-state index contributed by atoms with van der Waals surface area (Å²) < 4.78 is 0. The molecule has 154 valence electrons. The minimum Gasteiger partial charge on any atom is -0.374 e. The van der Waals surface area contributed by atoms with E-state index in [0.29, 0.717) is 6.54 Å². The number of hydrogen-bond acceptors (Lipinski definition) is 3. The Morgan fingerprint density at radius 3 is 2.45 bits per heavy atom. The van der Waals surface area contributed by atoms with Gasteiger partial charge in [-0.1, -0.05) is 29.3 Å². The highest BCUT2D eigenvalue weighted by molar-refractivity contribution is 5.94. The first-order valence-electron chi connectivity index (χ1n) is 11.0. The molecule has 4 heteroatoms. The number of fused-ring (bicyclic) bond motifs is 1. The van der Waals surface area contributed by atoms with Gasteiger partial charge >= 0.3 is 0 Å². The van der Waals surface area contributed by atoms with Crippen molar-refractivity contribution < 1.29 is 4.79 Å². The van der Waals surface area contributed by atoms with Crippen molar-refractivity contribution in [3.8, 4) is 0 Å². The van der Waals surface area contributed by atoms with Gasteiger partial charge in [0.05, 0.1) is 6.04 Å². The van der Waals surface area contributed by atoms with Crippen molar-refractivity contribution >= 4 is 11.6 Å². The maximum absolute atomic E-state index is 12.8. The second-order valence-electron chi connectivity index (χ2n) is 8.76. The number of nitrogens with one attached hydrogen (secondary N) is 1. The number of hydrogen-bond donors (Lipinski definition) is 1. The van der Waals surface area contributed by atoms with Crippen molar-refractivity contribution in [2.45, 2.75) is 45.6 Å². The zero-order chi connectivity index (χ0) is 20.4. The van der Waals surface area contributed by atoms with Gasteiger partial charge in [-0.15, -0.1) is 0 Å². The van der Waals surface area contributed by atoms with Gasteiger partial charge in [0, 0.05) is 31.4 Å². The smallest absolute Gasteiger partial charge is 0.251 e. The Morgan fingerprint density at radius 2 is 1.72 bits per heavy atom. The average Bonchev–Trinajstić information content (AvgIpc) is 3.22. The average molecular weight is 392 g/mol. The molecule has 1 atom stereocenters. The van der Waals surface area contributed by atoms with Gasteiger partial charge in [-0.05, 0) is 81.9 Å². The fraction of sp³-hybridized carbons (Fsp3) is 0.480. The van der Waals surface area contributed by atoms with Crippen molar-refractivity contribution in [3.63, 3.8) is 0 Å². The van der Waals surface area contributed by atoms with Crippen LogP contribution in [0.5, 0.6) is 0 Å². The molecule has 0 saturated carbocycles. The number of rotatable bonds is 5. The van der Waals surface area contributed by atoms with E-state index in [4.69, 9.17) is 0 Å². The maximum atomic E-state index is 12.8. The van der Waals surface area contributed by atoms with Crippen molar-refractivity contribution in [3.05, 3.63) is 64.2 Å². The lowest BCUT2D eigenvalue weighted by molar-refractivity contribution is 0.0937. The first kappa shape index (κ1) is 20.0. The number of benzene rings is 2. The predicted octanol–water partition coefficient (Wildman–Crippen LogP) is 4.25. The molecule has 4 rings (SSSR count). The lowest BCUT2D eigenvalue weighted by Crippen LogP contribution is -2.37. The van der Waals surface area contributed by atoms with Crippen molar-refractivity contribution in [2.24, 2.45) is 0 Å². The van der Waals surface area contributed by atoms with E-state index in [2.05, 4.69) is 46.4 Å². The molecule has 0 aliphatic carbocycles. The molecule has 2 aromatic carbocycles. The van der Waals surface area contributed by atoms with Crippen LogP contribution in [0.3, 0.4) is 0 Å². The Hall–Kier alpha value is -2.33. The van der Waals surface area contributed by atoms with Gasteiger partial charge < -0.3 is 10.2 Å². The monoisotopic (exact) mass is 391 g/mol. The summed E-state index contributed by atoms with van der Waals surface area (Å²) in [7, 11) is 2.18. The minimum absolute atomic E-state index is 0.0266. The van der Waals surface area contributed by atoms with Crippen LogP contribution in [0, 0.1) is 13.8 Å². The quantitative estimate of drug-likeness (QED) is 0.827. The predicted molar refractivity (Wildman–Crippen MR) is 120 cm³/mol. The summed E-state index contributed by atoms with van der Waals surface area (Å²) in [5.74, 6) is 0.0266. The van der Waals surface area contributed by atoms with Gasteiger partial charge in [0.15, 0.2) is 0 Å². The van der Waals surface area contributed by atoms with Gasteiger partial charge in [0.25, 0.3) is 5.91 Å². The zero-order valence-corrected chi connectivity index (χ0v) is 18.0. The van der Waals surface area contributed by atoms with Gasteiger partial charge in [-0.25, -0.2) is 0 Å². The summed E-state index contributed by atoms with van der Waals surface area (Å²) in [4.78, 5) is 17.7. The SMILES string of the molecule is Cc1cc(C)cc(C(=O)NC[C@H](c2ccc3c(c2)CCCN3C)N2CCCC2)c1. The lowest BCUT2D eigenvalue weighted by atomic mass is 9.96. The molecule has 1 saturated heterocycles. The fourth-order valence-electron chi connectivity index (χ4n) is 4.92. The van der Waals surface area contributed by atoms with Crippen LogP contribution >= 0.6 is 0 Å². The van der Waals surface area contributed by atoms with E-state index in [1.807, 2.05) is 26.0 Å². The number of carbonyl (C=O) groups excluding carboxylic acids is 1. The fourth-order valence-corrected chi connectivity index (χ4v) is 4.92. The standard InChI is InChI=1S/C25H33N3O/c1-18-13-19(2)15-22(14-18)25(29)26-17-24(28-11-4-5-12-28)21-8-9-23-20(16-21)7-6-10-27(23)3/h8-9,13-16,24H,4-7,10-12,17H2,1-3H3,(H,26,29)/t24-/m1/s1. The van der Waals surface area contributed by atoms with Crippen LogP contribution in [-0.2, 0) is 6.42 Å². The van der Waals surface area contributed by atoms with Crippen molar-refractivity contribution in [1.82, 2.24) is 10.2 Å². The third-order valence-corrected chi connectivity index (χ3v) is 6.36. The Labute approximate surface area is 174 Å². The Balaban J connectivity index is 1.54. The summed E-state index contributed by atoms with van der Waals surface area (Å²) in [6.45, 7) is 8.10. The van der Waals surface area contributed by atoms with E-state index in [1.54, 1.807) is 0 Å². The molecule has 0 radical (unpaired) electrons. The molecular weight excluding hydrogens is 358 g/mol. The highest BCUT2D eigenvalue weighted by atomic mass is 16.1. The number of nitrogens with zero attached hydrogens (tertiary/aromatic N) is 2. The Morgan fingerprint density at radius 1 is 1.00 bits per heavy atom. The highest BCUT2D eigenvalue weighted by Gasteiger charge is 2.25. The Bertz CT molecular complexity index is 865. The number of anilines is 1. The largest absolute Gasteiger partial charge is 0.374 e. The number of likely N-dealkylation sites (tertiary alicyclic amines) is 1. The van der Waals surface area contributed by atoms with Crippen molar-refractivity contribution in [2.75, 3.05) is 38.1 Å². The van der Waals surface area contributed by atoms with Gasteiger partial charge in [-0.3, -0.25) is 9.69 Å². The molecule has 2 aliphatic heterocycles. The summed E-state index contributed by atoms with van der Waals surface area (Å²) in [6.07, 6.45) is 4.85. The maximum Gasteiger partial charge on any atom is 0.251 e. The van der Waals surface area contributed by atoms with Crippen LogP contribution in [0.15, 0.2) is 36.4 Å². The summed E-state index contributed by atoms with van der Waals surface area (Å²) >= 11 is 0. The van der Waals surface area contributed by atoms with Gasteiger partial charge in [-0.2, -0.15) is 0 Å². The molecule has 2 heterocycles. The highest BCUT2D eigenvalue weighted by Crippen LogP contribution is 2.31. The van der Waals surface area contributed by atoms with E-state index in [1.165, 1.54) is 36.1 Å². The molecule has 1 fully saturated rings. The molecule has 29 heavy (non-hydrogen) atoms. The molecule has 4 nitrogen and oxygen atoms in total. The number of aryl methyl sites for hydroxylation is 3. The number of amides is 1. The third kappa shape index (κ3) is 4.48. The second-order valence-corrected chi connectivity index (χ2v) is 8.76. The van der Waals surface area contributed by atoms with Crippen LogP contribution < -0.4 is 10.2 Å². The zero-order valence-electron chi connectivity index (χ0n) is 18.0. The van der Waals surface area contributed by atoms with E-state index >= 15 is 0 Å². The van der Waals surface area contributed by atoms with Crippen LogP contribution in [0.1, 0.15) is 57.9 Å². The molecule has 2 aliphatic rings. The molecular formula is C25H33N3O. The van der Waals surface area contributed by atoms with Crippen molar-refractivity contribution in [1.29, 1.82) is 0 Å². The molecule has 0 spiro atoms. The molecule has 1 amide bonds. The summed E-state index contributed by atoms with van der Waals surface area (Å²) in [6, 6.07) is 13.2. The minimum atomic E-state index is 0.0266.